The number of carbonyl (C=O) groups excluding carboxylic acids is 1. The molecule has 0 bridgehead atoms. The van der Waals surface area contributed by atoms with Crippen LogP contribution in [0.25, 0.3) is 0 Å². The van der Waals surface area contributed by atoms with Crippen molar-refractivity contribution in [3.05, 3.63) is 35.9 Å². The molecule has 0 aromatic rings. The number of carbonyl (C=O) groups is 1. The smallest absolute Gasteiger partial charge is 0.331 e. The second-order valence-corrected chi connectivity index (χ2v) is 2.54. The van der Waals surface area contributed by atoms with Gasteiger partial charge in [-0.05, 0) is 6.92 Å². The molecule has 0 aliphatic heterocycles. The number of ether oxygens (including phenoxy) is 1. The average molecular weight is 187 g/mol. The van der Waals surface area contributed by atoms with Crippen molar-refractivity contribution < 1.29 is 9.53 Å². The summed E-state index contributed by atoms with van der Waals surface area (Å²) in [6, 6.07) is 0. The van der Waals surface area contributed by atoms with Gasteiger partial charge in [0.05, 0.1) is 0 Å². The van der Waals surface area contributed by atoms with Crippen molar-refractivity contribution in [1.29, 1.82) is 0 Å². The van der Waals surface area contributed by atoms with Gasteiger partial charge in [0, 0.05) is 11.1 Å². The highest BCUT2D eigenvalue weighted by Crippen LogP contribution is 1.96. The van der Waals surface area contributed by atoms with Crippen LogP contribution in [0, 0.1) is 0 Å². The zero-order chi connectivity index (χ0) is 9.40. The minimum Gasteiger partial charge on any atom is -0.457 e. The predicted octanol–water partition coefficient (Wildman–Crippen LogP) is 2.41. The van der Waals surface area contributed by atoms with Gasteiger partial charge in [0.25, 0.3) is 0 Å². The molecule has 0 amide bonds. The number of hydrogen-bond acceptors (Lipinski definition) is 2. The Morgan fingerprint density at radius 2 is 2.25 bits per heavy atom. The summed E-state index contributed by atoms with van der Waals surface area (Å²) in [5, 5.41) is 0.308. The summed E-state index contributed by atoms with van der Waals surface area (Å²) in [6.45, 7) is 5.29. The van der Waals surface area contributed by atoms with E-state index in [0.717, 1.165) is 0 Å². The van der Waals surface area contributed by atoms with E-state index in [1.165, 1.54) is 6.08 Å². The van der Waals surface area contributed by atoms with Crippen molar-refractivity contribution >= 4 is 17.6 Å². The monoisotopic (exact) mass is 186 g/mol. The molecule has 0 rings (SSSR count). The quantitative estimate of drug-likeness (QED) is 0.383. The molecule has 0 radical (unpaired) electrons. The topological polar surface area (TPSA) is 26.3 Å². The van der Waals surface area contributed by atoms with Gasteiger partial charge in [0.1, 0.15) is 6.61 Å². The number of hydrogen-bond donors (Lipinski definition) is 0. The van der Waals surface area contributed by atoms with Crippen molar-refractivity contribution in [1.82, 2.24) is 0 Å². The molecule has 0 atom stereocenters. The van der Waals surface area contributed by atoms with Crippen molar-refractivity contribution in [3.8, 4) is 0 Å². The molecule has 0 aliphatic rings. The molecule has 3 heteroatoms. The molecule has 0 aromatic heterocycles. The summed E-state index contributed by atoms with van der Waals surface area (Å²) in [7, 11) is 0. The van der Waals surface area contributed by atoms with Gasteiger partial charge in [-0.1, -0.05) is 36.4 Å². The van der Waals surface area contributed by atoms with Crippen LogP contribution in [0.1, 0.15) is 6.92 Å². The molecule has 0 N–H and O–H groups in total. The van der Waals surface area contributed by atoms with Gasteiger partial charge in [0.15, 0.2) is 0 Å². The van der Waals surface area contributed by atoms with Crippen molar-refractivity contribution in [3.63, 3.8) is 0 Å². The van der Waals surface area contributed by atoms with E-state index in [9.17, 15) is 4.79 Å². The Hall–Kier alpha value is -1.02. The van der Waals surface area contributed by atoms with Gasteiger partial charge in [-0.2, -0.15) is 0 Å². The molecule has 0 saturated carbocycles. The Bertz CT molecular complexity index is 217. The first-order valence-electron chi connectivity index (χ1n) is 3.46. The average Bonchev–Trinajstić information content (AvgIpc) is 2.01. The highest BCUT2D eigenvalue weighted by Gasteiger charge is 1.95. The summed E-state index contributed by atoms with van der Waals surface area (Å²) in [6.07, 6.45) is 6.46. The van der Waals surface area contributed by atoms with Gasteiger partial charge >= 0.3 is 5.97 Å². The molecular weight excluding hydrogens is 176 g/mol. The number of halogens is 1. The number of allylic oxidation sites excluding steroid dienone is 3. The molecule has 66 valence electrons. The van der Waals surface area contributed by atoms with Crippen molar-refractivity contribution in [2.75, 3.05) is 6.61 Å². The van der Waals surface area contributed by atoms with Gasteiger partial charge in [-0.15, -0.1) is 0 Å². The second kappa shape index (κ2) is 6.68. The molecule has 0 spiro atoms. The molecule has 0 unspecified atom stereocenters. The fourth-order valence-corrected chi connectivity index (χ4v) is 0.497. The van der Waals surface area contributed by atoms with E-state index in [1.54, 1.807) is 12.2 Å². The SMILES string of the molecule is C=C(Cl)COC(=O)/C=C/C=C/C. The first-order valence-corrected chi connectivity index (χ1v) is 3.84. The number of esters is 1. The van der Waals surface area contributed by atoms with Crippen LogP contribution < -0.4 is 0 Å². The Morgan fingerprint density at radius 3 is 2.75 bits per heavy atom. The second-order valence-electron chi connectivity index (χ2n) is 2.01. The van der Waals surface area contributed by atoms with E-state index >= 15 is 0 Å². The van der Waals surface area contributed by atoms with Gasteiger partial charge < -0.3 is 4.74 Å². The minimum absolute atomic E-state index is 0.0561. The molecular formula is C9H11ClO2. The normalized spacial score (nSPS) is 10.8. The van der Waals surface area contributed by atoms with E-state index in [-0.39, 0.29) is 6.61 Å². The Morgan fingerprint density at radius 1 is 1.58 bits per heavy atom. The molecule has 0 saturated heterocycles. The van der Waals surface area contributed by atoms with Crippen LogP contribution in [0.5, 0.6) is 0 Å². The van der Waals surface area contributed by atoms with Crippen LogP contribution in [0.15, 0.2) is 35.9 Å². The first kappa shape index (κ1) is 11.0. The van der Waals surface area contributed by atoms with Gasteiger partial charge in [-0.3, -0.25) is 0 Å². The summed E-state index contributed by atoms with van der Waals surface area (Å²) in [5.74, 6) is -0.421. The summed E-state index contributed by atoms with van der Waals surface area (Å²) >= 11 is 5.37. The lowest BCUT2D eigenvalue weighted by Crippen LogP contribution is -2.01. The maximum Gasteiger partial charge on any atom is 0.331 e. The Labute approximate surface area is 77.2 Å². The zero-order valence-electron chi connectivity index (χ0n) is 6.92. The third-order valence-electron chi connectivity index (χ3n) is 0.907. The van der Waals surface area contributed by atoms with Gasteiger partial charge in [0.2, 0.25) is 0 Å². The molecule has 0 aromatic carbocycles. The van der Waals surface area contributed by atoms with E-state index < -0.39 is 5.97 Å². The fraction of sp³-hybridized carbons (Fsp3) is 0.222. The van der Waals surface area contributed by atoms with Crippen molar-refractivity contribution in [2.45, 2.75) is 6.92 Å². The van der Waals surface area contributed by atoms with E-state index in [2.05, 4.69) is 11.3 Å². The van der Waals surface area contributed by atoms with Crippen LogP contribution in [0.2, 0.25) is 0 Å². The fourth-order valence-electron chi connectivity index (χ4n) is 0.443. The molecule has 0 heterocycles. The molecule has 2 nitrogen and oxygen atoms in total. The van der Waals surface area contributed by atoms with Crippen LogP contribution >= 0.6 is 11.6 Å². The lowest BCUT2D eigenvalue weighted by molar-refractivity contribution is -0.136. The summed E-state index contributed by atoms with van der Waals surface area (Å²) < 4.78 is 4.66. The van der Waals surface area contributed by atoms with Crippen LogP contribution in [-0.2, 0) is 9.53 Å². The Balaban J connectivity index is 3.67. The summed E-state index contributed by atoms with van der Waals surface area (Å²) in [4.78, 5) is 10.8. The Kier molecular flexibility index (Phi) is 6.11. The molecule has 0 fully saturated rings. The van der Waals surface area contributed by atoms with Crippen LogP contribution in [0.4, 0.5) is 0 Å². The number of rotatable bonds is 4. The first-order chi connectivity index (χ1) is 5.66. The van der Waals surface area contributed by atoms with Crippen molar-refractivity contribution in [2.24, 2.45) is 0 Å². The van der Waals surface area contributed by atoms with E-state index in [0.29, 0.717) is 5.03 Å². The third-order valence-corrected chi connectivity index (χ3v) is 1.02. The van der Waals surface area contributed by atoms with E-state index in [1.807, 2.05) is 13.0 Å². The van der Waals surface area contributed by atoms with Crippen LogP contribution in [0.3, 0.4) is 0 Å². The zero-order valence-corrected chi connectivity index (χ0v) is 7.67. The minimum atomic E-state index is -0.421. The highest BCUT2D eigenvalue weighted by atomic mass is 35.5. The predicted molar refractivity (Wildman–Crippen MR) is 49.9 cm³/mol. The van der Waals surface area contributed by atoms with Gasteiger partial charge in [-0.25, -0.2) is 4.79 Å². The highest BCUT2D eigenvalue weighted by molar-refractivity contribution is 6.29. The van der Waals surface area contributed by atoms with E-state index in [4.69, 9.17) is 11.6 Å². The third kappa shape index (κ3) is 7.09. The maximum absolute atomic E-state index is 10.8. The maximum atomic E-state index is 10.8. The standard InChI is InChI=1S/C9H11ClO2/c1-3-4-5-6-9(11)12-7-8(2)10/h3-6H,2,7H2,1H3/b4-3+,6-5+. The lowest BCUT2D eigenvalue weighted by Gasteiger charge is -1.97. The molecule has 0 aliphatic carbocycles. The molecule has 12 heavy (non-hydrogen) atoms. The summed E-state index contributed by atoms with van der Waals surface area (Å²) in [5.41, 5.74) is 0. The largest absolute Gasteiger partial charge is 0.457 e. The lowest BCUT2D eigenvalue weighted by atomic mass is 10.4. The van der Waals surface area contributed by atoms with Crippen LogP contribution in [-0.4, -0.2) is 12.6 Å².